The summed E-state index contributed by atoms with van der Waals surface area (Å²) in [6, 6.07) is -0.527. The van der Waals surface area contributed by atoms with Crippen molar-refractivity contribution in [3.63, 3.8) is 0 Å². The summed E-state index contributed by atoms with van der Waals surface area (Å²) in [5.41, 5.74) is -2.98. The molecule has 0 saturated carbocycles. The monoisotopic (exact) mass is 560 g/mol. The first-order valence-electron chi connectivity index (χ1n) is 12.7. The highest BCUT2D eigenvalue weighted by atomic mass is 32.2. The molecule has 38 heavy (non-hydrogen) atoms. The summed E-state index contributed by atoms with van der Waals surface area (Å²) in [6.45, 7) is 8.94. The Kier molecular flexibility index (Phi) is 11.4. The molecule has 2 rings (SSSR count). The van der Waals surface area contributed by atoms with Crippen molar-refractivity contribution in [2.75, 3.05) is 19.8 Å². The summed E-state index contributed by atoms with van der Waals surface area (Å²) in [5, 5.41) is 2.87. The number of ether oxygens (including phenoxy) is 5. The third-order valence-electron chi connectivity index (χ3n) is 6.65. The van der Waals surface area contributed by atoms with Gasteiger partial charge in [-0.2, -0.15) is 0 Å². The maximum absolute atomic E-state index is 13.8. The van der Waals surface area contributed by atoms with Crippen molar-refractivity contribution >= 4 is 41.5 Å². The van der Waals surface area contributed by atoms with Crippen LogP contribution in [-0.2, 0) is 47.7 Å². The van der Waals surface area contributed by atoms with Crippen LogP contribution in [0.3, 0.4) is 0 Å². The summed E-state index contributed by atoms with van der Waals surface area (Å²) in [5.74, 6) is -3.01. The highest BCUT2D eigenvalue weighted by molar-refractivity contribution is 7.99. The highest BCUT2D eigenvalue weighted by Crippen LogP contribution is 2.41. The smallest absolute Gasteiger partial charge is 0.303 e. The summed E-state index contributed by atoms with van der Waals surface area (Å²) in [7, 11) is 1.84. The zero-order valence-electron chi connectivity index (χ0n) is 23.3. The number of carbonyl (C=O) groups is 5. The largest absolute Gasteiger partial charge is 0.458 e. The second-order valence-electron chi connectivity index (χ2n) is 9.78. The number of carbonyl (C=O) groups excluding carboxylic acids is 5. The minimum atomic E-state index is -1.98. The lowest BCUT2D eigenvalue weighted by Crippen LogP contribution is -2.77. The highest BCUT2D eigenvalue weighted by Gasteiger charge is 2.64. The van der Waals surface area contributed by atoms with Crippen LogP contribution in [0.25, 0.3) is 0 Å². The molecule has 0 aromatic carbocycles. The number of thioether (sulfide) groups is 1. The van der Waals surface area contributed by atoms with E-state index in [9.17, 15) is 24.0 Å². The lowest BCUT2D eigenvalue weighted by atomic mass is 9.88. The Morgan fingerprint density at radius 1 is 1.00 bits per heavy atom. The molecular weight excluding hydrogens is 520 g/mol. The van der Waals surface area contributed by atoms with Gasteiger partial charge in [0.1, 0.15) is 5.44 Å². The van der Waals surface area contributed by atoms with Crippen LogP contribution in [-0.4, -0.2) is 96.2 Å². The third kappa shape index (κ3) is 7.60. The number of likely N-dealkylation sites (N-methyl/N-ethyl adjacent to an activating group) is 1. The molecule has 0 bridgehead atoms. The molecule has 216 valence electrons. The van der Waals surface area contributed by atoms with Gasteiger partial charge < -0.3 is 29.0 Å². The molecule has 2 heterocycles. The fraction of sp³-hybridized carbons (Fsp3) is 0.800. The van der Waals surface area contributed by atoms with Crippen molar-refractivity contribution in [2.24, 2.45) is 5.92 Å². The molecule has 0 aromatic heterocycles. The Morgan fingerprint density at radius 3 is 2.08 bits per heavy atom. The predicted molar refractivity (Wildman–Crippen MR) is 137 cm³/mol. The van der Waals surface area contributed by atoms with Crippen LogP contribution in [0.1, 0.15) is 60.8 Å². The number of nitrogens with zero attached hydrogens (tertiary/aromatic N) is 1. The van der Waals surface area contributed by atoms with Gasteiger partial charge in [-0.3, -0.25) is 28.9 Å². The Hall–Kier alpha value is -2.38. The van der Waals surface area contributed by atoms with E-state index in [4.69, 9.17) is 23.7 Å². The topological polar surface area (TPSA) is 147 Å². The van der Waals surface area contributed by atoms with E-state index in [1.807, 2.05) is 11.9 Å². The fourth-order valence-corrected chi connectivity index (χ4v) is 5.95. The van der Waals surface area contributed by atoms with E-state index < -0.39 is 71.4 Å². The molecule has 0 aromatic rings. The van der Waals surface area contributed by atoms with Crippen LogP contribution in [0.2, 0.25) is 0 Å². The molecular formula is C25H40N2O10S. The second-order valence-corrected chi connectivity index (χ2v) is 10.7. The summed E-state index contributed by atoms with van der Waals surface area (Å²) >= 11 is 1.12. The molecule has 0 radical (unpaired) electrons. The van der Waals surface area contributed by atoms with Crippen molar-refractivity contribution in [3.05, 3.63) is 0 Å². The van der Waals surface area contributed by atoms with Crippen molar-refractivity contribution in [1.82, 2.24) is 10.2 Å². The van der Waals surface area contributed by atoms with Crippen LogP contribution < -0.4 is 5.32 Å². The third-order valence-corrected chi connectivity index (χ3v) is 7.48. The quantitative estimate of drug-likeness (QED) is 0.304. The van der Waals surface area contributed by atoms with E-state index >= 15 is 0 Å². The summed E-state index contributed by atoms with van der Waals surface area (Å²) in [6.07, 6.45) is -1.13. The van der Waals surface area contributed by atoms with Gasteiger partial charge in [-0.05, 0) is 39.0 Å². The molecule has 0 spiro atoms. The van der Waals surface area contributed by atoms with E-state index in [-0.39, 0.29) is 0 Å². The van der Waals surface area contributed by atoms with Crippen LogP contribution in [0.5, 0.6) is 0 Å². The van der Waals surface area contributed by atoms with E-state index in [0.29, 0.717) is 12.3 Å². The van der Waals surface area contributed by atoms with Gasteiger partial charge in [0.25, 0.3) is 0 Å². The minimum absolute atomic E-state index is 0.320. The average Bonchev–Trinajstić information content (AvgIpc) is 3.16. The number of hydrogen-bond acceptors (Lipinski definition) is 12. The number of rotatable bonds is 10. The first kappa shape index (κ1) is 31.8. The maximum Gasteiger partial charge on any atom is 0.303 e. The first-order valence-corrected chi connectivity index (χ1v) is 14.0. The predicted octanol–water partition coefficient (Wildman–Crippen LogP) is 1.39. The SMILES string of the molecule is CCC[C@@H]1C[C@H](C(=O)N[C@]2([C@H](C)OC(C)=O)O[C@H](SC)[C@H](OC(C)=O)[C@@H](OC(C)=O)[C@H]2OC(C)=O)N(C)C1. The molecule has 12 nitrogen and oxygen atoms in total. The number of hydrogen-bond donors (Lipinski definition) is 1. The van der Waals surface area contributed by atoms with Gasteiger partial charge in [0.05, 0.1) is 6.04 Å². The van der Waals surface area contributed by atoms with Gasteiger partial charge in [0.15, 0.2) is 24.4 Å². The minimum Gasteiger partial charge on any atom is -0.458 e. The summed E-state index contributed by atoms with van der Waals surface area (Å²) in [4.78, 5) is 64.2. The molecule has 0 aliphatic carbocycles. The zero-order valence-corrected chi connectivity index (χ0v) is 24.1. The van der Waals surface area contributed by atoms with E-state index in [0.717, 1.165) is 45.0 Å². The lowest BCUT2D eigenvalue weighted by Gasteiger charge is -2.52. The van der Waals surface area contributed by atoms with Gasteiger partial charge in [0, 0.05) is 34.2 Å². The molecule has 2 aliphatic heterocycles. The van der Waals surface area contributed by atoms with Crippen LogP contribution in [0.4, 0.5) is 0 Å². The van der Waals surface area contributed by atoms with Gasteiger partial charge >= 0.3 is 23.9 Å². The van der Waals surface area contributed by atoms with Gasteiger partial charge in [0.2, 0.25) is 11.6 Å². The Labute approximate surface area is 227 Å². The number of nitrogens with one attached hydrogen (secondary N) is 1. The molecule has 13 heteroatoms. The lowest BCUT2D eigenvalue weighted by molar-refractivity contribution is -0.293. The van der Waals surface area contributed by atoms with Gasteiger partial charge in [-0.15, -0.1) is 11.8 Å². The standard InChI is InChI=1S/C25H40N2O10S/c1-9-10-18-11-19(27(7)12-18)23(32)26-25(13(2)33-14(3)28)22(36-17(6)31)20(34-15(4)29)21(35-16(5)30)24(37-25)38-8/h13,18-22,24H,9-12H2,1-8H3,(H,26,32)/t13-,18+,19+,20+,21+,22+,24+,25+/m0/s1. The van der Waals surface area contributed by atoms with Gasteiger partial charge in [-0.25, -0.2) is 0 Å². The van der Waals surface area contributed by atoms with E-state index in [1.165, 1.54) is 20.8 Å². The summed E-state index contributed by atoms with van der Waals surface area (Å²) < 4.78 is 28.5. The van der Waals surface area contributed by atoms with Crippen molar-refractivity contribution < 1.29 is 47.7 Å². The normalized spacial score (nSPS) is 32.1. The molecule has 0 unspecified atom stereocenters. The van der Waals surface area contributed by atoms with Crippen molar-refractivity contribution in [3.8, 4) is 0 Å². The van der Waals surface area contributed by atoms with E-state index in [1.54, 1.807) is 6.26 Å². The molecule has 1 N–H and O–H groups in total. The molecule has 1 amide bonds. The number of likely N-dealkylation sites (tertiary alicyclic amines) is 1. The van der Waals surface area contributed by atoms with Crippen LogP contribution in [0.15, 0.2) is 0 Å². The average molecular weight is 561 g/mol. The van der Waals surface area contributed by atoms with Crippen LogP contribution >= 0.6 is 11.8 Å². The Balaban J connectivity index is 2.64. The second kappa shape index (κ2) is 13.6. The zero-order chi connectivity index (χ0) is 28.8. The Bertz CT molecular complexity index is 901. The maximum atomic E-state index is 13.8. The fourth-order valence-electron chi connectivity index (χ4n) is 5.22. The molecule has 2 aliphatic rings. The molecule has 2 saturated heterocycles. The first-order chi connectivity index (χ1) is 17.7. The van der Waals surface area contributed by atoms with Crippen LogP contribution in [0, 0.1) is 5.92 Å². The number of esters is 4. The molecule has 8 atom stereocenters. The van der Waals surface area contributed by atoms with Crippen molar-refractivity contribution in [2.45, 2.75) is 102 Å². The number of amides is 1. The molecule has 2 fully saturated rings. The van der Waals surface area contributed by atoms with E-state index in [2.05, 4.69) is 12.2 Å². The van der Waals surface area contributed by atoms with Crippen molar-refractivity contribution in [1.29, 1.82) is 0 Å². The Morgan fingerprint density at radius 2 is 1.58 bits per heavy atom. The van der Waals surface area contributed by atoms with Gasteiger partial charge in [-0.1, -0.05) is 13.3 Å².